The number of hydrogen-bond donors (Lipinski definition) is 1. The Bertz CT molecular complexity index is 688. The van der Waals surface area contributed by atoms with Crippen LogP contribution in [0.25, 0.3) is 5.65 Å². The summed E-state index contributed by atoms with van der Waals surface area (Å²) in [5.74, 6) is 0. The molecule has 0 aliphatic carbocycles. The maximum absolute atomic E-state index is 4.43. The average Bonchev–Trinajstić information content (AvgIpc) is 2.91. The number of hydrogen-bond acceptors (Lipinski definition) is 3. The topological polar surface area (TPSA) is 42.2 Å². The largest absolute Gasteiger partial charge is 0.307 e. The number of aromatic nitrogens is 3. The molecule has 0 spiro atoms. The first-order valence-electron chi connectivity index (χ1n) is 6.91. The smallest absolute Gasteiger partial charge is 0.136 e. The maximum Gasteiger partial charge on any atom is 0.136 e. The fourth-order valence-corrected chi connectivity index (χ4v) is 2.25. The van der Waals surface area contributed by atoms with E-state index in [1.54, 1.807) is 6.20 Å². The van der Waals surface area contributed by atoms with Crippen LogP contribution in [-0.2, 0) is 19.5 Å². The van der Waals surface area contributed by atoms with E-state index in [1.807, 2.05) is 18.5 Å². The minimum atomic E-state index is 0.795. The van der Waals surface area contributed by atoms with Crippen LogP contribution in [0.4, 0.5) is 0 Å². The number of nitrogens with zero attached hydrogens (tertiary/aromatic N) is 3. The highest BCUT2D eigenvalue weighted by molar-refractivity contribution is 5.41. The molecule has 3 aromatic heterocycles. The number of rotatable bonds is 5. The minimum Gasteiger partial charge on any atom is -0.307 e. The van der Waals surface area contributed by atoms with E-state index >= 15 is 0 Å². The molecule has 4 heteroatoms. The van der Waals surface area contributed by atoms with Crippen LogP contribution in [0.15, 0.2) is 49.1 Å². The van der Waals surface area contributed by atoms with Crippen molar-refractivity contribution < 1.29 is 0 Å². The summed E-state index contributed by atoms with van der Waals surface area (Å²) in [6.07, 6.45) is 8.82. The minimum absolute atomic E-state index is 0.795. The maximum atomic E-state index is 4.43. The van der Waals surface area contributed by atoms with Crippen molar-refractivity contribution in [3.8, 4) is 0 Å². The fourth-order valence-electron chi connectivity index (χ4n) is 2.25. The Morgan fingerprint density at radius 1 is 1.10 bits per heavy atom. The Labute approximate surface area is 118 Å². The lowest BCUT2D eigenvalue weighted by Gasteiger charge is -2.06. The Balaban J connectivity index is 1.71. The van der Waals surface area contributed by atoms with Crippen LogP contribution < -0.4 is 5.32 Å². The number of fused-ring (bicyclic) bond motifs is 1. The van der Waals surface area contributed by atoms with Gasteiger partial charge in [-0.2, -0.15) is 0 Å². The molecule has 3 aromatic rings. The van der Waals surface area contributed by atoms with E-state index in [0.29, 0.717) is 0 Å². The molecule has 20 heavy (non-hydrogen) atoms. The summed E-state index contributed by atoms with van der Waals surface area (Å²) in [4.78, 5) is 8.55. The molecule has 102 valence electrons. The molecule has 0 amide bonds. The molecule has 3 heterocycles. The van der Waals surface area contributed by atoms with Crippen molar-refractivity contribution in [2.24, 2.45) is 0 Å². The predicted molar refractivity (Wildman–Crippen MR) is 79.4 cm³/mol. The van der Waals surface area contributed by atoms with Crippen molar-refractivity contribution >= 4 is 5.65 Å². The van der Waals surface area contributed by atoms with E-state index in [-0.39, 0.29) is 0 Å². The van der Waals surface area contributed by atoms with Gasteiger partial charge in [0.05, 0.1) is 11.9 Å². The molecular formula is C16H18N4. The van der Waals surface area contributed by atoms with Gasteiger partial charge in [-0.05, 0) is 29.7 Å². The zero-order chi connectivity index (χ0) is 13.8. The molecule has 0 aliphatic heterocycles. The van der Waals surface area contributed by atoms with Gasteiger partial charge < -0.3 is 9.72 Å². The fraction of sp³-hybridized carbons (Fsp3) is 0.250. The van der Waals surface area contributed by atoms with Crippen LogP contribution in [0.3, 0.4) is 0 Å². The SMILES string of the molecule is CCc1ccc2ncc(CNCc3cccnc3)n2c1. The average molecular weight is 266 g/mol. The van der Waals surface area contributed by atoms with E-state index in [2.05, 4.69) is 51.0 Å². The summed E-state index contributed by atoms with van der Waals surface area (Å²) in [5, 5.41) is 3.43. The summed E-state index contributed by atoms with van der Waals surface area (Å²) in [7, 11) is 0. The highest BCUT2D eigenvalue weighted by Crippen LogP contribution is 2.10. The molecule has 0 fully saturated rings. The normalized spacial score (nSPS) is 11.1. The summed E-state index contributed by atoms with van der Waals surface area (Å²) in [6, 6.07) is 8.24. The van der Waals surface area contributed by atoms with E-state index in [9.17, 15) is 0 Å². The van der Waals surface area contributed by atoms with Gasteiger partial charge in [0, 0.05) is 31.7 Å². The van der Waals surface area contributed by atoms with Gasteiger partial charge in [0.1, 0.15) is 5.65 Å². The summed E-state index contributed by atoms with van der Waals surface area (Å²) in [5.41, 5.74) is 4.69. The molecule has 1 N–H and O–H groups in total. The van der Waals surface area contributed by atoms with Gasteiger partial charge in [0.25, 0.3) is 0 Å². The Kier molecular flexibility index (Phi) is 3.74. The van der Waals surface area contributed by atoms with E-state index in [0.717, 1.165) is 25.2 Å². The molecule has 0 bridgehead atoms. The van der Waals surface area contributed by atoms with Crippen molar-refractivity contribution in [1.29, 1.82) is 0 Å². The van der Waals surface area contributed by atoms with Gasteiger partial charge in [0.2, 0.25) is 0 Å². The van der Waals surface area contributed by atoms with E-state index in [4.69, 9.17) is 0 Å². The van der Waals surface area contributed by atoms with Crippen LogP contribution in [0, 0.1) is 0 Å². The highest BCUT2D eigenvalue weighted by atomic mass is 15.0. The number of nitrogens with one attached hydrogen (secondary N) is 1. The van der Waals surface area contributed by atoms with E-state index < -0.39 is 0 Å². The molecule has 0 radical (unpaired) electrons. The molecule has 0 saturated carbocycles. The first kappa shape index (κ1) is 12.8. The molecule has 4 nitrogen and oxygen atoms in total. The lowest BCUT2D eigenvalue weighted by Crippen LogP contribution is -2.14. The zero-order valence-electron chi connectivity index (χ0n) is 11.6. The molecule has 3 rings (SSSR count). The van der Waals surface area contributed by atoms with Crippen molar-refractivity contribution in [2.45, 2.75) is 26.4 Å². The van der Waals surface area contributed by atoms with Crippen molar-refractivity contribution in [3.05, 3.63) is 65.9 Å². The van der Waals surface area contributed by atoms with Crippen LogP contribution in [-0.4, -0.2) is 14.4 Å². The zero-order valence-corrected chi connectivity index (χ0v) is 11.6. The molecule has 0 aromatic carbocycles. The third-order valence-corrected chi connectivity index (χ3v) is 3.41. The van der Waals surface area contributed by atoms with Crippen molar-refractivity contribution in [1.82, 2.24) is 19.7 Å². The lowest BCUT2D eigenvalue weighted by atomic mass is 10.2. The van der Waals surface area contributed by atoms with Gasteiger partial charge in [-0.3, -0.25) is 4.98 Å². The third kappa shape index (κ3) is 2.70. The van der Waals surface area contributed by atoms with Crippen LogP contribution in [0.1, 0.15) is 23.7 Å². The molecule has 0 atom stereocenters. The van der Waals surface area contributed by atoms with Crippen molar-refractivity contribution in [3.63, 3.8) is 0 Å². The predicted octanol–water partition coefficient (Wildman–Crippen LogP) is 2.58. The van der Waals surface area contributed by atoms with Gasteiger partial charge >= 0.3 is 0 Å². The van der Waals surface area contributed by atoms with Gasteiger partial charge in [-0.15, -0.1) is 0 Å². The molecular weight excluding hydrogens is 248 g/mol. The summed E-state index contributed by atoms with van der Waals surface area (Å²) < 4.78 is 2.16. The molecule has 0 aliphatic rings. The quantitative estimate of drug-likeness (QED) is 0.772. The second-order valence-electron chi connectivity index (χ2n) is 4.83. The first-order valence-corrected chi connectivity index (χ1v) is 6.91. The van der Waals surface area contributed by atoms with Crippen molar-refractivity contribution in [2.75, 3.05) is 0 Å². The second kappa shape index (κ2) is 5.84. The van der Waals surface area contributed by atoms with Gasteiger partial charge in [-0.1, -0.05) is 19.1 Å². The van der Waals surface area contributed by atoms with Gasteiger partial charge in [-0.25, -0.2) is 4.98 Å². The summed E-state index contributed by atoms with van der Waals surface area (Å²) >= 11 is 0. The number of pyridine rings is 2. The standard InChI is InChI=1S/C16H18N4/c1-2-13-5-6-16-19-11-15(20(16)12-13)10-18-9-14-4-3-7-17-8-14/h3-8,11-12,18H,2,9-10H2,1H3. The lowest BCUT2D eigenvalue weighted by molar-refractivity contribution is 0.673. The Morgan fingerprint density at radius 3 is 2.85 bits per heavy atom. The first-order chi connectivity index (χ1) is 9.86. The Morgan fingerprint density at radius 2 is 2.05 bits per heavy atom. The third-order valence-electron chi connectivity index (χ3n) is 3.41. The highest BCUT2D eigenvalue weighted by Gasteiger charge is 2.03. The Hall–Kier alpha value is -2.20. The number of imidazole rings is 1. The number of aryl methyl sites for hydroxylation is 1. The molecule has 0 unspecified atom stereocenters. The van der Waals surface area contributed by atoms with Crippen LogP contribution in [0.2, 0.25) is 0 Å². The van der Waals surface area contributed by atoms with Gasteiger partial charge in [0.15, 0.2) is 0 Å². The van der Waals surface area contributed by atoms with Crippen LogP contribution in [0.5, 0.6) is 0 Å². The van der Waals surface area contributed by atoms with E-state index in [1.165, 1.54) is 16.8 Å². The summed E-state index contributed by atoms with van der Waals surface area (Å²) in [6.45, 7) is 3.77. The second-order valence-corrected chi connectivity index (χ2v) is 4.83. The molecule has 0 saturated heterocycles. The monoisotopic (exact) mass is 266 g/mol. The van der Waals surface area contributed by atoms with Crippen LogP contribution >= 0.6 is 0 Å².